The molecule has 6 heteroatoms. The van der Waals surface area contributed by atoms with E-state index in [0.29, 0.717) is 0 Å². The predicted octanol–water partition coefficient (Wildman–Crippen LogP) is -4.02. The van der Waals surface area contributed by atoms with Crippen LogP contribution in [0.3, 0.4) is 0 Å². The molecule has 0 saturated carbocycles. The Morgan fingerprint density at radius 3 is 2.29 bits per heavy atom. The smallest absolute Gasteiger partial charge is 0.282 e. The molecule has 0 spiro atoms. The van der Waals surface area contributed by atoms with Crippen LogP contribution in [-0.4, -0.2) is 41.2 Å². The van der Waals surface area contributed by atoms with Gasteiger partial charge >= 0.3 is 0 Å². The second-order valence-corrected chi connectivity index (χ2v) is 5.65. The Bertz CT molecular complexity index is 21.7. The molecule has 0 aromatic heterocycles. The van der Waals surface area contributed by atoms with Crippen molar-refractivity contribution in [2.45, 2.75) is 6.55 Å². The highest BCUT2D eigenvalue weighted by atomic mass is 28.3. The molecule has 46 valence electrons. The van der Waals surface area contributed by atoms with Crippen LogP contribution in [-0.2, 0) is 8.23 Å². The average Bonchev–Trinajstić information content (AvgIpc) is 1.61. The first-order valence-electron chi connectivity index (χ1n) is 1.98. The Labute approximate surface area is 56.6 Å². The summed E-state index contributed by atoms with van der Waals surface area (Å²) in [6.07, 6.45) is 0. The van der Waals surface area contributed by atoms with Crippen LogP contribution >= 0.6 is 0 Å². The van der Waals surface area contributed by atoms with E-state index >= 15 is 0 Å². The zero-order valence-electron chi connectivity index (χ0n) is 4.23. The van der Waals surface area contributed by atoms with E-state index in [0.717, 1.165) is 10.5 Å². The molecular weight excluding hydrogens is 156 g/mol. The molecule has 0 atom stereocenters. The largest absolute Gasteiger partial charge is 0.449 e. The van der Waals surface area contributed by atoms with Crippen molar-refractivity contribution in [3.05, 3.63) is 0 Å². The maximum Gasteiger partial charge on any atom is 0.282 e. The van der Waals surface area contributed by atoms with Gasteiger partial charge in [0.25, 0.3) is 10.0 Å². The third kappa shape index (κ3) is 10.8. The van der Waals surface area contributed by atoms with Crippen molar-refractivity contribution >= 4 is 41.2 Å². The van der Waals surface area contributed by atoms with Crippen LogP contribution in [0.2, 0.25) is 6.55 Å². The molecule has 0 aromatic carbocycles. The minimum Gasteiger partial charge on any atom is -0.449 e. The van der Waals surface area contributed by atoms with Gasteiger partial charge in [0.2, 0.25) is 0 Å². The fraction of sp³-hybridized carbons (Fsp3) is 1.00. The zero-order valence-corrected chi connectivity index (χ0v) is 9.06. The highest BCUT2D eigenvalue weighted by Gasteiger charge is 1.74. The highest BCUT2D eigenvalue weighted by Crippen LogP contribution is 1.61. The number of hydrogen-bond acceptors (Lipinski definition) is 2. The fourth-order valence-electron chi connectivity index (χ4n) is 0.167. The van der Waals surface area contributed by atoms with Crippen LogP contribution in [0.4, 0.5) is 0 Å². The molecule has 0 rings (SSSR count). The molecule has 7 heavy (non-hydrogen) atoms. The molecule has 0 fully saturated rings. The maximum atomic E-state index is 5.07. The normalized spacial score (nSPS) is 11.6. The van der Waals surface area contributed by atoms with Crippen molar-refractivity contribution in [2.75, 3.05) is 0 Å². The standard InChI is InChI=1S/CH10O2Si3.H4Si/c1-5-3-6-2-4;/h5-6H2,1,4H3;1H4. The molecule has 0 N–H and O–H groups in total. The quantitative estimate of drug-likeness (QED) is 0.317. The predicted molar refractivity (Wildman–Crippen MR) is 46.4 cm³/mol. The summed E-state index contributed by atoms with van der Waals surface area (Å²) in [6, 6.07) is 0. The van der Waals surface area contributed by atoms with E-state index in [1.54, 1.807) is 0 Å². The number of hydrogen-bond donors (Lipinski definition) is 0. The summed E-state index contributed by atoms with van der Waals surface area (Å²) < 4.78 is 9.95. The number of rotatable bonds is 3. The van der Waals surface area contributed by atoms with Gasteiger partial charge in [0.1, 0.15) is 20.2 Å². The van der Waals surface area contributed by atoms with Gasteiger partial charge in [0.05, 0.1) is 0 Å². The molecule has 0 amide bonds. The van der Waals surface area contributed by atoms with E-state index in [4.69, 9.17) is 8.23 Å². The van der Waals surface area contributed by atoms with Gasteiger partial charge in [0.15, 0.2) is 0 Å². The van der Waals surface area contributed by atoms with Crippen LogP contribution in [0.15, 0.2) is 0 Å². The lowest BCUT2D eigenvalue weighted by Gasteiger charge is -1.93. The topological polar surface area (TPSA) is 18.5 Å². The van der Waals surface area contributed by atoms with E-state index in [-0.39, 0.29) is 20.7 Å². The molecule has 0 aliphatic carbocycles. The van der Waals surface area contributed by atoms with Crippen LogP contribution in [0.25, 0.3) is 0 Å². The first kappa shape index (κ1) is 10.7. The van der Waals surface area contributed by atoms with Gasteiger partial charge in [-0.3, -0.25) is 0 Å². The van der Waals surface area contributed by atoms with Crippen molar-refractivity contribution in [1.82, 2.24) is 0 Å². The van der Waals surface area contributed by atoms with Crippen molar-refractivity contribution in [3.8, 4) is 0 Å². The molecule has 0 bridgehead atoms. The fourth-order valence-corrected chi connectivity index (χ4v) is 3.00. The van der Waals surface area contributed by atoms with E-state index in [2.05, 4.69) is 6.55 Å². The summed E-state index contributed by atoms with van der Waals surface area (Å²) >= 11 is 0. The third-order valence-electron chi connectivity index (χ3n) is 0.405. The molecule has 0 saturated heterocycles. The summed E-state index contributed by atoms with van der Waals surface area (Å²) in [5.41, 5.74) is 0. The van der Waals surface area contributed by atoms with E-state index < -0.39 is 10.0 Å². The highest BCUT2D eigenvalue weighted by molar-refractivity contribution is 6.40. The Morgan fingerprint density at radius 2 is 2.14 bits per heavy atom. The summed E-state index contributed by atoms with van der Waals surface area (Å²) in [4.78, 5) is 0. The lowest BCUT2D eigenvalue weighted by atomic mass is 11.9. The van der Waals surface area contributed by atoms with Gasteiger partial charge in [-0.05, 0) is 11.0 Å². The molecule has 0 unspecified atom stereocenters. The van der Waals surface area contributed by atoms with Crippen molar-refractivity contribution in [1.29, 1.82) is 0 Å². The average molecular weight is 170 g/mol. The van der Waals surface area contributed by atoms with E-state index in [1.165, 1.54) is 0 Å². The molecule has 2 nitrogen and oxygen atoms in total. The molecular formula is CH14O2Si4. The molecule has 0 radical (unpaired) electrons. The van der Waals surface area contributed by atoms with E-state index in [1.807, 2.05) is 0 Å². The summed E-state index contributed by atoms with van der Waals surface area (Å²) in [6.45, 7) is 2.12. The van der Waals surface area contributed by atoms with Crippen LogP contribution in [0.1, 0.15) is 0 Å². The Kier molecular flexibility index (Phi) is 15.2. The monoisotopic (exact) mass is 170 g/mol. The lowest BCUT2D eigenvalue weighted by molar-refractivity contribution is 0.505. The lowest BCUT2D eigenvalue weighted by Crippen LogP contribution is -2.02. The van der Waals surface area contributed by atoms with Gasteiger partial charge < -0.3 is 8.23 Å². The van der Waals surface area contributed by atoms with Crippen molar-refractivity contribution in [3.63, 3.8) is 0 Å². The van der Waals surface area contributed by atoms with Gasteiger partial charge in [-0.25, -0.2) is 0 Å². The third-order valence-corrected chi connectivity index (χ3v) is 3.65. The van der Waals surface area contributed by atoms with Crippen LogP contribution in [0.5, 0.6) is 0 Å². The minimum atomic E-state index is -0.455. The summed E-state index contributed by atoms with van der Waals surface area (Å²) in [5, 5.41) is 0. The molecule has 0 aromatic rings. The van der Waals surface area contributed by atoms with E-state index in [9.17, 15) is 0 Å². The van der Waals surface area contributed by atoms with Gasteiger partial charge in [-0.2, -0.15) is 0 Å². The molecule has 0 aliphatic rings. The van der Waals surface area contributed by atoms with Crippen molar-refractivity contribution < 1.29 is 8.23 Å². The maximum absolute atomic E-state index is 5.07. The minimum absolute atomic E-state index is 0. The molecule has 0 aliphatic heterocycles. The first-order chi connectivity index (χ1) is 2.91. The Balaban J connectivity index is 0. The SMILES string of the molecule is C[SiH2]O[SiH2]O[SiH3].[SiH4]. The van der Waals surface area contributed by atoms with Gasteiger partial charge in [-0.1, -0.05) is 6.55 Å². The molecule has 0 heterocycles. The Hall–Kier alpha value is 0.788. The second-order valence-electron chi connectivity index (χ2n) is 0.899. The summed E-state index contributed by atoms with van der Waals surface area (Å²) in [7, 11) is 0.269. The summed E-state index contributed by atoms with van der Waals surface area (Å²) in [5.74, 6) is 0. The zero-order chi connectivity index (χ0) is 4.83. The Morgan fingerprint density at radius 1 is 1.57 bits per heavy atom. The van der Waals surface area contributed by atoms with Gasteiger partial charge in [-0.15, -0.1) is 0 Å². The van der Waals surface area contributed by atoms with Gasteiger partial charge in [0, 0.05) is 0 Å². The van der Waals surface area contributed by atoms with Crippen LogP contribution in [0, 0.1) is 0 Å². The first-order valence-corrected chi connectivity index (χ1v) is 5.94. The second kappa shape index (κ2) is 9.92. The van der Waals surface area contributed by atoms with Crippen molar-refractivity contribution in [2.24, 2.45) is 0 Å². The van der Waals surface area contributed by atoms with Crippen LogP contribution < -0.4 is 0 Å².